The highest BCUT2D eigenvalue weighted by atomic mass is 79.9. The van der Waals surface area contributed by atoms with Crippen molar-refractivity contribution < 1.29 is 48.4 Å². The molecule has 670 valence electrons. The number of H-pyrrole nitrogens is 2. The highest BCUT2D eigenvalue weighted by Crippen LogP contribution is 2.37. The number of nitrogens with zero attached hydrogens (tertiary/aromatic N) is 12. The zero-order valence-electron chi connectivity index (χ0n) is 70.7. The Labute approximate surface area is 767 Å². The van der Waals surface area contributed by atoms with Gasteiger partial charge in [-0.25, -0.2) is 53.8 Å². The monoisotopic (exact) mass is 1950 g/mol. The van der Waals surface area contributed by atoms with Crippen LogP contribution in [0.1, 0.15) is 145 Å². The summed E-state index contributed by atoms with van der Waals surface area (Å²) < 4.78 is 12.3. The van der Waals surface area contributed by atoms with Crippen LogP contribution in [-0.2, 0) is 19.2 Å². The number of isocyanates is 1. The number of carbonyl (C=O) groups is 5. The second kappa shape index (κ2) is 54.5. The van der Waals surface area contributed by atoms with E-state index < -0.39 is 11.2 Å². The molecule has 0 aliphatic carbocycles. The molecular formula is C83H115Br2Cl7N20O10. The minimum absolute atomic E-state index is 0. The van der Waals surface area contributed by atoms with Crippen molar-refractivity contribution in [3.8, 4) is 0 Å². The van der Waals surface area contributed by atoms with Crippen molar-refractivity contribution in [2.75, 3.05) is 131 Å². The van der Waals surface area contributed by atoms with Crippen LogP contribution < -0.4 is 37.2 Å². The zero-order valence-corrected chi connectivity index (χ0v) is 79.2. The van der Waals surface area contributed by atoms with E-state index in [1.165, 1.54) is 12.4 Å². The Hall–Kier alpha value is -7.34. The van der Waals surface area contributed by atoms with Crippen LogP contribution in [0.15, 0.2) is 124 Å². The zero-order chi connectivity index (χ0) is 88.8. The van der Waals surface area contributed by atoms with Crippen LogP contribution in [0.2, 0.25) is 25.2 Å². The molecule has 3 unspecified atom stereocenters. The summed E-state index contributed by atoms with van der Waals surface area (Å²) in [6, 6.07) is 29.8. The van der Waals surface area contributed by atoms with Crippen molar-refractivity contribution in [1.82, 2.24) is 86.5 Å². The number of Topliss-reactive ketones (excluding diaryl/α,β-unsaturated/α-hetero) is 1. The maximum Gasteiger partial charge on any atom is 0.410 e. The highest BCUT2D eigenvalue weighted by molar-refractivity contribution is 9.10. The molecule has 4 aliphatic heterocycles. The predicted molar refractivity (Wildman–Crippen MR) is 493 cm³/mol. The summed E-state index contributed by atoms with van der Waals surface area (Å²) in [5.41, 5.74) is 10.6. The predicted octanol–water partition coefficient (Wildman–Crippen LogP) is 17.2. The van der Waals surface area contributed by atoms with Crippen molar-refractivity contribution in [2.45, 2.75) is 129 Å². The lowest BCUT2D eigenvalue weighted by molar-refractivity contribution is -0.237. The van der Waals surface area contributed by atoms with Gasteiger partial charge in [-0.05, 0) is 268 Å². The van der Waals surface area contributed by atoms with Crippen molar-refractivity contribution in [1.29, 1.82) is 0 Å². The second-order valence-corrected chi connectivity index (χ2v) is 35.4. The molecule has 8 aromatic rings. The molecule has 122 heavy (non-hydrogen) atoms. The van der Waals surface area contributed by atoms with Crippen molar-refractivity contribution in [3.63, 3.8) is 0 Å². The van der Waals surface area contributed by atoms with E-state index in [1.54, 1.807) is 47.3 Å². The molecule has 4 fully saturated rings. The van der Waals surface area contributed by atoms with Gasteiger partial charge < -0.3 is 66.3 Å². The summed E-state index contributed by atoms with van der Waals surface area (Å²) in [6.45, 7) is 22.6. The molecule has 39 heteroatoms. The van der Waals surface area contributed by atoms with Gasteiger partial charge >= 0.3 is 24.2 Å². The average Bonchev–Trinajstić information content (AvgIpc) is 1.56. The Kier molecular flexibility index (Phi) is 47.0. The summed E-state index contributed by atoms with van der Waals surface area (Å²) >= 11 is 41.5. The van der Waals surface area contributed by atoms with Gasteiger partial charge in [-0.2, -0.15) is 10.2 Å². The third kappa shape index (κ3) is 37.1. The Morgan fingerprint density at radius 3 is 1.39 bits per heavy atom. The molecule has 4 aliphatic rings. The first-order chi connectivity index (χ1) is 57.6. The van der Waals surface area contributed by atoms with Crippen LogP contribution >= 0.6 is 114 Å². The summed E-state index contributed by atoms with van der Waals surface area (Å²) in [6.07, 6.45) is 10.8. The molecule has 4 saturated heterocycles. The van der Waals surface area contributed by atoms with Crippen LogP contribution in [0, 0.1) is 23.7 Å². The minimum Gasteiger partial charge on any atom is -0.444 e. The van der Waals surface area contributed by atoms with Crippen LogP contribution in [-0.4, -0.2) is 238 Å². The van der Waals surface area contributed by atoms with Crippen molar-refractivity contribution in [2.24, 2.45) is 34.4 Å². The Morgan fingerprint density at radius 1 is 0.590 bits per heavy atom. The minimum atomic E-state index is -0.493. The lowest BCUT2D eigenvalue weighted by atomic mass is 9.85. The number of urea groups is 2. The number of aromatic amines is 2. The number of ketones is 1. The quantitative estimate of drug-likeness (QED) is 0.00651. The van der Waals surface area contributed by atoms with Crippen molar-refractivity contribution >= 4 is 178 Å². The number of rotatable bonds is 20. The number of alkyl halides is 1. The van der Waals surface area contributed by atoms with E-state index in [-0.39, 0.29) is 72.4 Å². The van der Waals surface area contributed by atoms with E-state index in [0.717, 1.165) is 115 Å². The van der Waals surface area contributed by atoms with Gasteiger partial charge in [0.2, 0.25) is 6.08 Å². The van der Waals surface area contributed by atoms with Gasteiger partial charge in [0.1, 0.15) is 44.0 Å². The van der Waals surface area contributed by atoms with E-state index in [1.807, 2.05) is 152 Å². The number of nitrogens with one attached hydrogen (secondary N) is 7. The average molecular weight is 1960 g/mol. The van der Waals surface area contributed by atoms with Gasteiger partial charge in [-0.15, -0.1) is 24.0 Å². The SMILES string of the molecule is CC(C)(C)OC(=O)N1CCC(C(=O)c2ccc(Cl)cc2)CC1.CC(C)(C)OC(=O)N1CCC(C(N)c2ccc(Cl)cc2)CC1.CCOO.CN(C)CCNC(=O)NC(c1ccc(Cl)cc1)C1CCN(c2ncnc3n[nH]c(Br)c23)CC1.CN(C)CCNC(=O)NC(c1ccc(Cl)cc1)C1CCNCC1.Cl.Clc1ncnc2n[nH]c(Br)c12.O=C=NCCCl. The van der Waals surface area contributed by atoms with Crippen LogP contribution in [0.25, 0.3) is 22.1 Å². The first-order valence-corrected chi connectivity index (χ1v) is 44.0. The standard InChI is InChI=1S/C22H28BrClN8O.C17H27ClN4O.C17H25ClN2O2.C17H22ClNO3.C5H2BrClN4.C3H4ClNO.C2H6O2.ClH/c1-31(2)12-9-25-22(33)28-18(14-3-5-16(24)6-4-14)15-7-10-32(11-8-15)21-17-19(23)29-30-20(17)26-13-27-21;1-22(2)12-11-20-17(23)21-16(14-7-9-19-10-8-14)13-3-5-15(18)6-4-13;1-17(2,3)22-16(21)20-10-8-13(9-11-20)15(19)12-4-6-14(18)7-5-12;1-17(2,3)22-16(21)19-10-8-13(9-11-19)15(20)12-4-6-14(18)7-5-12;6-3-2-4(7)8-1-9-5(2)11-10-3;4-1-2-5-3-6;1-2-4-3;/h3-6,13,15,18H,7-12H2,1-2H3,(H2,25,28,33)(H,26,27,29,30);3-6,14,16,19H,7-12H2,1-2H3,(H2,20,21,23);4-7,13,15H,8-11,19H2,1-3H3;4-7,13H,8-11H2,1-3H3;1H,(H,8,9,10,11);1-2H2;3H,2H2,1H3;1H. The Morgan fingerprint density at radius 2 is 0.984 bits per heavy atom. The molecule has 30 nitrogen and oxygen atoms in total. The van der Waals surface area contributed by atoms with Gasteiger partial charge in [0.25, 0.3) is 0 Å². The third-order valence-electron chi connectivity index (χ3n) is 19.4. The van der Waals surface area contributed by atoms with E-state index in [4.69, 9.17) is 90.1 Å². The summed E-state index contributed by atoms with van der Waals surface area (Å²) in [7, 11) is 7.95. The van der Waals surface area contributed by atoms with Crippen LogP contribution in [0.5, 0.6) is 0 Å². The number of ether oxygens (including phenoxy) is 2. The number of aromatic nitrogens is 8. The molecule has 0 saturated carbocycles. The van der Waals surface area contributed by atoms with Gasteiger partial charge in [0.05, 0.1) is 36.0 Å². The normalized spacial score (nSPS) is 15.3. The van der Waals surface area contributed by atoms with E-state index in [9.17, 15) is 28.8 Å². The number of halogens is 9. The molecule has 0 radical (unpaired) electrons. The number of amides is 6. The van der Waals surface area contributed by atoms with Gasteiger partial charge in [-0.1, -0.05) is 94.4 Å². The number of likely N-dealkylation sites (N-methyl/N-ethyl adjacent to an activating group) is 2. The molecular weight excluding hydrogens is 1850 g/mol. The Balaban J connectivity index is 0.000000270. The molecule has 0 bridgehead atoms. The lowest BCUT2D eigenvalue weighted by Gasteiger charge is -2.37. The number of fused-ring (bicyclic) bond motifs is 2. The summed E-state index contributed by atoms with van der Waals surface area (Å²) in [5, 5.41) is 41.5. The number of anilines is 1. The largest absolute Gasteiger partial charge is 0.444 e. The first kappa shape index (κ1) is 105. The number of likely N-dealkylation sites (tertiary alicyclic amines) is 2. The Bertz CT molecular complexity index is 4480. The second-order valence-electron chi connectivity index (χ2n) is 31.3. The number of carbonyl (C=O) groups excluding carboxylic acids is 6. The van der Waals surface area contributed by atoms with E-state index in [2.05, 4.69) is 114 Å². The third-order valence-corrected chi connectivity index (χ3v) is 22.0. The topological polar surface area (TPSA) is 374 Å². The van der Waals surface area contributed by atoms with Crippen LogP contribution in [0.3, 0.4) is 0 Å². The molecule has 10 N–H and O–H groups in total. The molecule has 4 aromatic carbocycles. The van der Waals surface area contributed by atoms with Crippen molar-refractivity contribution in [3.05, 3.63) is 166 Å². The number of hydrogen-bond acceptors (Lipinski definition) is 22. The number of hydrogen-bond donors (Lipinski definition) is 9. The lowest BCUT2D eigenvalue weighted by Crippen LogP contribution is -2.45. The van der Waals surface area contributed by atoms with Crippen LogP contribution in [0.4, 0.5) is 25.0 Å². The van der Waals surface area contributed by atoms with Gasteiger partial charge in [0.15, 0.2) is 17.1 Å². The molecule has 0 spiro atoms. The van der Waals surface area contributed by atoms with E-state index >= 15 is 0 Å². The number of benzene rings is 4. The number of nitrogens with two attached hydrogens (primary N) is 1. The smallest absolute Gasteiger partial charge is 0.410 e. The summed E-state index contributed by atoms with van der Waals surface area (Å²) in [4.78, 5) is 104. The summed E-state index contributed by atoms with van der Waals surface area (Å²) in [5.74, 6) is 2.45. The maximum atomic E-state index is 12.6. The molecule has 6 amide bonds. The maximum absolute atomic E-state index is 12.6. The fourth-order valence-corrected chi connectivity index (χ4v) is 15.0. The van der Waals surface area contributed by atoms with E-state index in [0.29, 0.717) is 130 Å². The highest BCUT2D eigenvalue weighted by Gasteiger charge is 2.35. The molecule has 12 rings (SSSR count). The first-order valence-electron chi connectivity index (χ1n) is 39.9. The molecule has 4 aromatic heterocycles. The van der Waals surface area contributed by atoms with Gasteiger partial charge in [-0.3, -0.25) is 20.2 Å². The molecule has 8 heterocycles. The number of piperidine rings is 4. The van der Waals surface area contributed by atoms with Gasteiger partial charge in [0, 0.05) is 109 Å². The molecule has 3 atom stereocenters. The number of aliphatic imine (C=N–C) groups is 1. The fraction of sp³-hybridized carbons (Fsp3) is 0.518. The fourth-order valence-electron chi connectivity index (χ4n) is 13.2.